The van der Waals surface area contributed by atoms with Crippen LogP contribution in [0.2, 0.25) is 0 Å². The summed E-state index contributed by atoms with van der Waals surface area (Å²) in [7, 11) is 1.71. The first kappa shape index (κ1) is 17.6. The van der Waals surface area contributed by atoms with Gasteiger partial charge < -0.3 is 5.32 Å². The Morgan fingerprint density at radius 1 is 1.08 bits per heavy atom. The minimum Gasteiger partial charge on any atom is -0.364 e. The summed E-state index contributed by atoms with van der Waals surface area (Å²) in [5.74, 6) is 0. The molecule has 1 heterocycles. The second kappa shape index (κ2) is 7.79. The number of H-pyrrole nitrogens is 1. The number of benzene rings is 2. The van der Waals surface area contributed by atoms with Crippen LogP contribution in [0.25, 0.3) is 5.69 Å². The van der Waals surface area contributed by atoms with Crippen molar-refractivity contribution in [2.75, 3.05) is 7.05 Å². The van der Waals surface area contributed by atoms with E-state index in [1.807, 2.05) is 67.6 Å². The van der Waals surface area contributed by atoms with Crippen molar-refractivity contribution in [2.24, 2.45) is 5.10 Å². The van der Waals surface area contributed by atoms with Gasteiger partial charge in [0, 0.05) is 18.3 Å². The zero-order valence-corrected chi connectivity index (χ0v) is 15.3. The fourth-order valence-corrected chi connectivity index (χ4v) is 2.65. The predicted molar refractivity (Wildman–Crippen MR) is 108 cm³/mol. The smallest absolute Gasteiger partial charge is 0.281 e. The Hall–Kier alpha value is -3.19. The summed E-state index contributed by atoms with van der Waals surface area (Å²) in [6.45, 7) is 1.85. The molecule has 2 aromatic carbocycles. The molecule has 0 unspecified atom stereocenters. The molecule has 0 saturated heterocycles. The Labute approximate surface area is 156 Å². The molecular weight excluding hydrogens is 346 g/mol. The van der Waals surface area contributed by atoms with E-state index in [4.69, 9.17) is 12.2 Å². The van der Waals surface area contributed by atoms with Gasteiger partial charge in [-0.2, -0.15) is 5.10 Å². The molecule has 0 spiro atoms. The number of nitrogens with one attached hydrogen (secondary N) is 3. The van der Waals surface area contributed by atoms with Crippen LogP contribution in [0.3, 0.4) is 0 Å². The molecule has 0 atom stereocenters. The highest BCUT2D eigenvalue weighted by Gasteiger charge is 2.19. The van der Waals surface area contributed by atoms with E-state index in [1.54, 1.807) is 7.05 Å². The fraction of sp³-hybridized carbons (Fsp3) is 0.105. The van der Waals surface area contributed by atoms with E-state index in [0.29, 0.717) is 16.4 Å². The average molecular weight is 365 g/mol. The number of hydrogen-bond donors (Lipinski definition) is 3. The summed E-state index contributed by atoms with van der Waals surface area (Å²) >= 11 is 5.10. The van der Waals surface area contributed by atoms with Crippen molar-refractivity contribution in [3.05, 3.63) is 87.8 Å². The molecule has 0 bridgehead atoms. The quantitative estimate of drug-likeness (QED) is 0.377. The lowest BCUT2D eigenvalue weighted by Gasteiger charge is -2.07. The highest BCUT2D eigenvalue weighted by molar-refractivity contribution is 7.80. The van der Waals surface area contributed by atoms with Gasteiger partial charge in [-0.1, -0.05) is 48.5 Å². The van der Waals surface area contributed by atoms with E-state index in [9.17, 15) is 4.79 Å². The molecule has 3 rings (SSSR count). The minimum atomic E-state index is -0.173. The van der Waals surface area contributed by atoms with Crippen LogP contribution in [0.15, 0.2) is 70.6 Å². The SMILES string of the molecule is CNC(=S)N/N=C(\c1ccccc1)c1c(C)[nH]n(-c2ccccc2)c1=O. The van der Waals surface area contributed by atoms with Crippen molar-refractivity contribution in [3.8, 4) is 5.69 Å². The molecule has 0 aliphatic rings. The number of hydrogen-bond acceptors (Lipinski definition) is 3. The van der Waals surface area contributed by atoms with Crippen LogP contribution in [0, 0.1) is 6.92 Å². The molecule has 26 heavy (non-hydrogen) atoms. The van der Waals surface area contributed by atoms with Gasteiger partial charge in [0.15, 0.2) is 5.11 Å². The number of para-hydroxylation sites is 1. The summed E-state index contributed by atoms with van der Waals surface area (Å²) < 4.78 is 1.51. The Balaban J connectivity index is 2.15. The number of rotatable bonds is 4. The van der Waals surface area contributed by atoms with Crippen molar-refractivity contribution in [2.45, 2.75) is 6.92 Å². The average Bonchev–Trinajstić information content (AvgIpc) is 2.98. The fourth-order valence-electron chi connectivity index (χ4n) is 2.61. The molecule has 0 radical (unpaired) electrons. The number of nitrogens with zero attached hydrogens (tertiary/aromatic N) is 2. The Bertz CT molecular complexity index is 990. The van der Waals surface area contributed by atoms with Crippen LogP contribution < -0.4 is 16.3 Å². The molecule has 0 saturated carbocycles. The lowest BCUT2D eigenvalue weighted by molar-refractivity contribution is 0.835. The van der Waals surface area contributed by atoms with Crippen LogP contribution in [-0.4, -0.2) is 27.7 Å². The molecule has 7 heteroatoms. The summed E-state index contributed by atoms with van der Waals surface area (Å²) in [4.78, 5) is 13.1. The van der Waals surface area contributed by atoms with Crippen LogP contribution >= 0.6 is 12.2 Å². The van der Waals surface area contributed by atoms with Gasteiger partial charge in [-0.05, 0) is 31.3 Å². The minimum absolute atomic E-state index is 0.173. The van der Waals surface area contributed by atoms with Crippen LogP contribution in [0.1, 0.15) is 16.8 Å². The third-order valence-electron chi connectivity index (χ3n) is 3.87. The van der Waals surface area contributed by atoms with E-state index in [1.165, 1.54) is 4.68 Å². The monoisotopic (exact) mass is 365 g/mol. The van der Waals surface area contributed by atoms with Crippen molar-refractivity contribution >= 4 is 23.0 Å². The maximum Gasteiger partial charge on any atom is 0.281 e. The number of aromatic nitrogens is 2. The highest BCUT2D eigenvalue weighted by Crippen LogP contribution is 2.13. The first-order valence-electron chi connectivity index (χ1n) is 8.10. The molecule has 3 N–H and O–H groups in total. The van der Waals surface area contributed by atoms with Gasteiger partial charge in [0.25, 0.3) is 5.56 Å². The van der Waals surface area contributed by atoms with Crippen molar-refractivity contribution < 1.29 is 0 Å². The Morgan fingerprint density at radius 2 is 1.69 bits per heavy atom. The van der Waals surface area contributed by atoms with Gasteiger partial charge in [0.2, 0.25) is 0 Å². The topological polar surface area (TPSA) is 74.2 Å². The molecule has 0 amide bonds. The molecule has 6 nitrogen and oxygen atoms in total. The third-order valence-corrected chi connectivity index (χ3v) is 4.16. The Kier molecular flexibility index (Phi) is 5.28. The molecule has 0 aliphatic carbocycles. The van der Waals surface area contributed by atoms with E-state index >= 15 is 0 Å². The van der Waals surface area contributed by atoms with Crippen molar-refractivity contribution in [1.82, 2.24) is 20.5 Å². The summed E-state index contributed by atoms with van der Waals surface area (Å²) in [5, 5.41) is 10.7. The van der Waals surface area contributed by atoms with Crippen LogP contribution in [-0.2, 0) is 0 Å². The maximum absolute atomic E-state index is 13.1. The predicted octanol–water partition coefficient (Wildman–Crippen LogP) is 2.32. The number of thiocarbonyl (C=S) groups is 1. The second-order valence-corrected chi connectivity index (χ2v) is 6.01. The third kappa shape index (κ3) is 3.57. The van der Waals surface area contributed by atoms with Gasteiger partial charge >= 0.3 is 0 Å². The molecule has 3 aromatic rings. The second-order valence-electron chi connectivity index (χ2n) is 5.61. The number of hydrazone groups is 1. The normalized spacial score (nSPS) is 11.2. The largest absolute Gasteiger partial charge is 0.364 e. The van der Waals surface area contributed by atoms with Gasteiger partial charge in [-0.3, -0.25) is 15.3 Å². The standard InChI is InChI=1S/C19H19N5OS/c1-13-16(18(25)24(23-13)15-11-7-4-8-12-15)17(21-22-19(26)20-2)14-9-5-3-6-10-14/h3-12,23H,1-2H3,(H2,20,22,26)/b21-17+. The molecule has 132 valence electrons. The highest BCUT2D eigenvalue weighted by atomic mass is 32.1. The molecule has 1 aromatic heterocycles. The van der Waals surface area contributed by atoms with Gasteiger partial charge in [0.05, 0.1) is 11.3 Å². The van der Waals surface area contributed by atoms with E-state index in [0.717, 1.165) is 16.9 Å². The van der Waals surface area contributed by atoms with Crippen LogP contribution in [0.5, 0.6) is 0 Å². The number of aryl methyl sites for hydroxylation is 1. The van der Waals surface area contributed by atoms with E-state index in [-0.39, 0.29) is 5.56 Å². The number of aromatic amines is 1. The maximum atomic E-state index is 13.1. The lowest BCUT2D eigenvalue weighted by Crippen LogP contribution is -2.30. The van der Waals surface area contributed by atoms with Gasteiger partial charge in [0.1, 0.15) is 5.71 Å². The first-order chi connectivity index (χ1) is 12.6. The summed E-state index contributed by atoms with van der Waals surface area (Å²) in [6, 6.07) is 18.9. The summed E-state index contributed by atoms with van der Waals surface area (Å²) in [5.41, 5.74) is 5.92. The molecule has 0 aliphatic heterocycles. The van der Waals surface area contributed by atoms with Crippen molar-refractivity contribution in [3.63, 3.8) is 0 Å². The zero-order chi connectivity index (χ0) is 18.5. The van der Waals surface area contributed by atoms with Crippen LogP contribution in [0.4, 0.5) is 0 Å². The van der Waals surface area contributed by atoms with E-state index in [2.05, 4.69) is 20.9 Å². The Morgan fingerprint density at radius 3 is 2.31 bits per heavy atom. The summed E-state index contributed by atoms with van der Waals surface area (Å²) in [6.07, 6.45) is 0. The first-order valence-corrected chi connectivity index (χ1v) is 8.51. The molecule has 0 fully saturated rings. The van der Waals surface area contributed by atoms with Crippen molar-refractivity contribution in [1.29, 1.82) is 0 Å². The van der Waals surface area contributed by atoms with Gasteiger partial charge in [-0.25, -0.2) is 4.68 Å². The molecular formula is C19H19N5OS. The van der Waals surface area contributed by atoms with E-state index < -0.39 is 0 Å². The van der Waals surface area contributed by atoms with Gasteiger partial charge in [-0.15, -0.1) is 0 Å². The zero-order valence-electron chi connectivity index (χ0n) is 14.5. The lowest BCUT2D eigenvalue weighted by atomic mass is 10.0.